The van der Waals surface area contributed by atoms with Crippen molar-refractivity contribution in [3.05, 3.63) is 53.1 Å². The topological polar surface area (TPSA) is 36.9 Å². The number of hydrogen-bond donors (Lipinski definition) is 0. The second-order valence-electron chi connectivity index (χ2n) is 7.08. The quantitative estimate of drug-likeness (QED) is 0.489. The summed E-state index contributed by atoms with van der Waals surface area (Å²) in [4.78, 5) is 1.25. The summed E-state index contributed by atoms with van der Waals surface area (Å²) in [5.41, 5.74) is 3.76. The van der Waals surface area contributed by atoms with Gasteiger partial charge < -0.3 is 18.9 Å². The fraction of sp³-hybridized carbons (Fsp3) is 0.333. The van der Waals surface area contributed by atoms with Gasteiger partial charge in [-0.3, -0.25) is 0 Å². The number of methoxy groups -OCH3 is 4. The van der Waals surface area contributed by atoms with Crippen molar-refractivity contribution in [1.82, 2.24) is 0 Å². The molecular weight excluding hydrogens is 384 g/mol. The Morgan fingerprint density at radius 1 is 0.828 bits per heavy atom. The van der Waals surface area contributed by atoms with Crippen molar-refractivity contribution in [2.75, 3.05) is 34.7 Å². The van der Waals surface area contributed by atoms with Gasteiger partial charge in [0.2, 0.25) is 0 Å². The van der Waals surface area contributed by atoms with Crippen LogP contribution in [0.4, 0.5) is 0 Å². The molecule has 4 rings (SSSR count). The summed E-state index contributed by atoms with van der Waals surface area (Å²) in [5, 5.41) is 2.52. The van der Waals surface area contributed by atoms with Crippen LogP contribution in [0, 0.1) is 0 Å². The molecule has 0 spiro atoms. The van der Waals surface area contributed by atoms with Crippen LogP contribution >= 0.6 is 11.8 Å². The third-order valence-electron chi connectivity index (χ3n) is 5.81. The number of ether oxygens (including phenoxy) is 4. The smallest absolute Gasteiger partial charge is 0.165 e. The summed E-state index contributed by atoms with van der Waals surface area (Å²) in [5.74, 6) is 3.26. The lowest BCUT2D eigenvalue weighted by Crippen LogP contribution is -2.13. The van der Waals surface area contributed by atoms with Crippen LogP contribution in [0.5, 0.6) is 23.0 Å². The van der Waals surface area contributed by atoms with E-state index in [1.54, 1.807) is 40.2 Å². The van der Waals surface area contributed by atoms with Crippen LogP contribution < -0.4 is 18.9 Å². The molecule has 0 radical (unpaired) electrons. The first-order valence-corrected chi connectivity index (χ1v) is 10.9. The van der Waals surface area contributed by atoms with Gasteiger partial charge in [0, 0.05) is 16.4 Å². The first-order chi connectivity index (χ1) is 14.2. The highest BCUT2D eigenvalue weighted by molar-refractivity contribution is 7.98. The maximum atomic E-state index is 5.89. The molecular formula is C24H26O4S. The highest BCUT2D eigenvalue weighted by Gasteiger charge is 2.30. The summed E-state index contributed by atoms with van der Waals surface area (Å²) in [6.45, 7) is 0. The average Bonchev–Trinajstić information content (AvgIpc) is 2.78. The maximum Gasteiger partial charge on any atom is 0.165 e. The van der Waals surface area contributed by atoms with E-state index < -0.39 is 0 Å². The normalized spacial score (nSPS) is 15.3. The van der Waals surface area contributed by atoms with E-state index >= 15 is 0 Å². The van der Waals surface area contributed by atoms with E-state index in [1.807, 2.05) is 6.07 Å². The standard InChI is InChI=1S/C24H26O4S/c1-25-18-10-7-15(12-19(18)26-2)16-9-6-14-8-11-21(29-5)17-13-20(27-3)24(28-4)23(16)22(14)17/h7-8,10-13,16H,6,9H2,1-5H3. The zero-order chi connectivity index (χ0) is 20.5. The molecule has 0 N–H and O–H groups in total. The van der Waals surface area contributed by atoms with Crippen LogP contribution in [0.15, 0.2) is 41.3 Å². The van der Waals surface area contributed by atoms with Gasteiger partial charge in [-0.1, -0.05) is 12.1 Å². The van der Waals surface area contributed by atoms with Crippen LogP contribution in [0.1, 0.15) is 29.0 Å². The van der Waals surface area contributed by atoms with E-state index in [4.69, 9.17) is 18.9 Å². The number of thioether (sulfide) groups is 1. The number of benzene rings is 3. The van der Waals surface area contributed by atoms with E-state index in [-0.39, 0.29) is 5.92 Å². The molecule has 0 fully saturated rings. The van der Waals surface area contributed by atoms with Gasteiger partial charge in [-0.2, -0.15) is 0 Å². The number of rotatable bonds is 6. The molecule has 1 aliphatic rings. The summed E-state index contributed by atoms with van der Waals surface area (Å²) in [7, 11) is 6.76. The van der Waals surface area contributed by atoms with Crippen molar-refractivity contribution >= 4 is 22.5 Å². The fourth-order valence-electron chi connectivity index (χ4n) is 4.48. The Bertz CT molecular complexity index is 1060. The lowest BCUT2D eigenvalue weighted by molar-refractivity contribution is 0.349. The molecule has 0 bridgehead atoms. The minimum Gasteiger partial charge on any atom is -0.493 e. The van der Waals surface area contributed by atoms with Gasteiger partial charge in [0.15, 0.2) is 23.0 Å². The SMILES string of the molecule is COc1ccc(C2CCc3ccc(SC)c4cc(OC)c(OC)c2c34)cc1OC. The van der Waals surface area contributed by atoms with E-state index in [0.29, 0.717) is 0 Å². The number of aryl methyl sites for hydroxylation is 1. The van der Waals surface area contributed by atoms with Gasteiger partial charge in [0.25, 0.3) is 0 Å². The van der Waals surface area contributed by atoms with Crippen LogP contribution in [-0.2, 0) is 6.42 Å². The van der Waals surface area contributed by atoms with Gasteiger partial charge in [-0.25, -0.2) is 0 Å². The molecule has 4 nitrogen and oxygen atoms in total. The first-order valence-electron chi connectivity index (χ1n) is 9.63. The summed E-state index contributed by atoms with van der Waals surface area (Å²) in [6, 6.07) is 12.8. The molecule has 0 saturated carbocycles. The molecule has 1 atom stereocenters. The second kappa shape index (κ2) is 8.07. The first kappa shape index (κ1) is 19.8. The van der Waals surface area contributed by atoms with Crippen LogP contribution in [-0.4, -0.2) is 34.7 Å². The molecule has 3 aromatic carbocycles. The van der Waals surface area contributed by atoms with Gasteiger partial charge in [0.05, 0.1) is 28.4 Å². The van der Waals surface area contributed by atoms with Crippen LogP contribution in [0.2, 0.25) is 0 Å². The largest absolute Gasteiger partial charge is 0.493 e. The van der Waals surface area contributed by atoms with Crippen molar-refractivity contribution in [2.24, 2.45) is 0 Å². The highest BCUT2D eigenvalue weighted by atomic mass is 32.2. The van der Waals surface area contributed by atoms with E-state index in [9.17, 15) is 0 Å². The summed E-state index contributed by atoms with van der Waals surface area (Å²) < 4.78 is 22.6. The predicted molar refractivity (Wildman–Crippen MR) is 119 cm³/mol. The van der Waals surface area contributed by atoms with E-state index in [0.717, 1.165) is 35.8 Å². The molecule has 0 saturated heterocycles. The van der Waals surface area contributed by atoms with Crippen molar-refractivity contribution in [2.45, 2.75) is 23.7 Å². The molecule has 0 aliphatic heterocycles. The Labute approximate surface area is 176 Å². The van der Waals surface area contributed by atoms with Crippen molar-refractivity contribution in [1.29, 1.82) is 0 Å². The average molecular weight is 411 g/mol. The molecule has 5 heteroatoms. The van der Waals surface area contributed by atoms with Crippen LogP contribution in [0.25, 0.3) is 10.8 Å². The van der Waals surface area contributed by atoms with E-state index in [1.165, 1.54) is 32.4 Å². The van der Waals surface area contributed by atoms with Crippen molar-refractivity contribution in [3.63, 3.8) is 0 Å². The Kier molecular flexibility index (Phi) is 5.50. The second-order valence-corrected chi connectivity index (χ2v) is 7.93. The fourth-order valence-corrected chi connectivity index (χ4v) is 5.06. The molecule has 0 amide bonds. The minimum absolute atomic E-state index is 0.187. The van der Waals surface area contributed by atoms with Gasteiger partial charge in [-0.05, 0) is 65.3 Å². The molecule has 152 valence electrons. The molecule has 1 aliphatic carbocycles. The maximum absolute atomic E-state index is 5.89. The third kappa shape index (κ3) is 3.18. The molecule has 0 heterocycles. The monoisotopic (exact) mass is 410 g/mol. The predicted octanol–water partition coefficient (Wildman–Crippen LogP) is 5.67. The molecule has 3 aromatic rings. The Hall–Kier alpha value is -2.53. The van der Waals surface area contributed by atoms with Gasteiger partial charge in [0.1, 0.15) is 0 Å². The highest BCUT2D eigenvalue weighted by Crippen LogP contribution is 2.51. The Balaban J connectivity index is 2.02. The molecule has 1 unspecified atom stereocenters. The van der Waals surface area contributed by atoms with E-state index in [2.05, 4.69) is 36.6 Å². The number of hydrogen-bond acceptors (Lipinski definition) is 5. The molecule has 29 heavy (non-hydrogen) atoms. The van der Waals surface area contributed by atoms with Crippen molar-refractivity contribution < 1.29 is 18.9 Å². The van der Waals surface area contributed by atoms with Gasteiger partial charge >= 0.3 is 0 Å². The lowest BCUT2D eigenvalue weighted by Gasteiger charge is -2.30. The molecule has 0 aromatic heterocycles. The van der Waals surface area contributed by atoms with Crippen molar-refractivity contribution in [3.8, 4) is 23.0 Å². The minimum atomic E-state index is 0.187. The van der Waals surface area contributed by atoms with Gasteiger partial charge in [-0.15, -0.1) is 11.8 Å². The Morgan fingerprint density at radius 3 is 2.24 bits per heavy atom. The summed E-state index contributed by atoms with van der Waals surface area (Å²) in [6.07, 6.45) is 4.13. The zero-order valence-corrected chi connectivity index (χ0v) is 18.3. The summed E-state index contributed by atoms with van der Waals surface area (Å²) >= 11 is 1.76. The lowest BCUT2D eigenvalue weighted by atomic mass is 9.77. The Morgan fingerprint density at radius 2 is 1.59 bits per heavy atom. The van der Waals surface area contributed by atoms with Crippen LogP contribution in [0.3, 0.4) is 0 Å². The zero-order valence-electron chi connectivity index (χ0n) is 17.5. The third-order valence-corrected chi connectivity index (χ3v) is 6.61.